The van der Waals surface area contributed by atoms with Gasteiger partial charge in [-0.1, -0.05) is 31.7 Å². The van der Waals surface area contributed by atoms with Gasteiger partial charge in [0.1, 0.15) is 0 Å². The lowest BCUT2D eigenvalue weighted by molar-refractivity contribution is -0.138. The van der Waals surface area contributed by atoms with Gasteiger partial charge in [-0.2, -0.15) is 5.10 Å². The van der Waals surface area contributed by atoms with E-state index in [0.29, 0.717) is 18.7 Å². The zero-order valence-corrected chi connectivity index (χ0v) is 15.5. The fourth-order valence-corrected chi connectivity index (χ4v) is 3.98. The molecule has 2 fully saturated rings. The van der Waals surface area contributed by atoms with Gasteiger partial charge in [-0.05, 0) is 25.0 Å². The average molecular weight is 370 g/mol. The first-order chi connectivity index (χ1) is 13.2. The normalized spacial score (nSPS) is 21.8. The minimum atomic E-state index is -0.604. The van der Waals surface area contributed by atoms with Gasteiger partial charge >= 0.3 is 0 Å². The van der Waals surface area contributed by atoms with E-state index in [-0.39, 0.29) is 24.4 Å². The summed E-state index contributed by atoms with van der Waals surface area (Å²) in [6.07, 6.45) is 9.68. The van der Waals surface area contributed by atoms with Crippen LogP contribution < -0.4 is 5.32 Å². The van der Waals surface area contributed by atoms with Gasteiger partial charge in [-0.15, -0.1) is 0 Å². The minimum absolute atomic E-state index is 0.0979. The standard InChI is InChI=1S/C20H26N4O3/c25-19(22-15-7-3-1-2-4-8-15)18-14-23(11-12-27-18)20(26)16-13-21-24-10-6-5-9-17(16)24/h5-6,9-10,13,15,18H,1-4,7-8,11-12,14H2,(H,22,25)/t18-/m1/s1. The smallest absolute Gasteiger partial charge is 0.257 e. The summed E-state index contributed by atoms with van der Waals surface area (Å²) in [6, 6.07) is 5.86. The van der Waals surface area contributed by atoms with Gasteiger partial charge in [0.15, 0.2) is 6.10 Å². The third-order valence-corrected chi connectivity index (χ3v) is 5.50. The van der Waals surface area contributed by atoms with Crippen molar-refractivity contribution < 1.29 is 14.3 Å². The van der Waals surface area contributed by atoms with Crippen LogP contribution in [0.3, 0.4) is 0 Å². The largest absolute Gasteiger partial charge is 0.365 e. The van der Waals surface area contributed by atoms with E-state index in [2.05, 4.69) is 10.4 Å². The highest BCUT2D eigenvalue weighted by molar-refractivity contribution is 6.01. The molecule has 7 heteroatoms. The van der Waals surface area contributed by atoms with Crippen LogP contribution in [0.25, 0.3) is 5.52 Å². The first-order valence-corrected chi connectivity index (χ1v) is 9.86. The van der Waals surface area contributed by atoms with Crippen molar-refractivity contribution in [2.75, 3.05) is 19.7 Å². The number of hydrogen-bond donors (Lipinski definition) is 1. The number of nitrogens with zero attached hydrogens (tertiary/aromatic N) is 3. The summed E-state index contributed by atoms with van der Waals surface area (Å²) < 4.78 is 7.36. The van der Waals surface area contributed by atoms with E-state index in [0.717, 1.165) is 31.2 Å². The molecule has 3 heterocycles. The Labute approximate surface area is 158 Å². The van der Waals surface area contributed by atoms with Crippen LogP contribution in [0.1, 0.15) is 48.9 Å². The lowest BCUT2D eigenvalue weighted by Gasteiger charge is -2.33. The summed E-state index contributed by atoms with van der Waals surface area (Å²) in [7, 11) is 0. The van der Waals surface area contributed by atoms with Gasteiger partial charge in [0.25, 0.3) is 11.8 Å². The SMILES string of the molecule is O=C(NC1CCCCCC1)[C@H]1CN(C(=O)c2cnn3ccccc23)CCO1. The van der Waals surface area contributed by atoms with Crippen LogP contribution in [0.15, 0.2) is 30.6 Å². The molecule has 27 heavy (non-hydrogen) atoms. The Balaban J connectivity index is 1.41. The van der Waals surface area contributed by atoms with Crippen molar-refractivity contribution in [1.82, 2.24) is 19.8 Å². The maximum Gasteiger partial charge on any atom is 0.257 e. The quantitative estimate of drug-likeness (QED) is 0.839. The summed E-state index contributed by atoms with van der Waals surface area (Å²) in [5, 5.41) is 7.37. The number of aromatic nitrogens is 2. The van der Waals surface area contributed by atoms with E-state index >= 15 is 0 Å². The molecule has 0 aromatic carbocycles. The molecule has 2 aromatic heterocycles. The number of carbonyl (C=O) groups excluding carboxylic acids is 2. The highest BCUT2D eigenvalue weighted by Crippen LogP contribution is 2.19. The van der Waals surface area contributed by atoms with Crippen molar-refractivity contribution in [2.24, 2.45) is 0 Å². The predicted octanol–water partition coefficient (Wildman–Crippen LogP) is 2.01. The Morgan fingerprint density at radius 2 is 1.96 bits per heavy atom. The Bertz CT molecular complexity index is 810. The number of hydrogen-bond acceptors (Lipinski definition) is 4. The number of pyridine rings is 1. The Hall–Kier alpha value is -2.41. The van der Waals surface area contributed by atoms with Gasteiger partial charge in [0, 0.05) is 18.8 Å². The molecule has 0 radical (unpaired) electrons. The molecular weight excluding hydrogens is 344 g/mol. The number of amides is 2. The topological polar surface area (TPSA) is 75.9 Å². The fourth-order valence-electron chi connectivity index (χ4n) is 3.98. The highest BCUT2D eigenvalue weighted by atomic mass is 16.5. The minimum Gasteiger partial charge on any atom is -0.365 e. The van der Waals surface area contributed by atoms with E-state index in [1.165, 1.54) is 12.8 Å². The van der Waals surface area contributed by atoms with Gasteiger partial charge < -0.3 is 15.0 Å². The molecule has 1 N–H and O–H groups in total. The molecule has 7 nitrogen and oxygen atoms in total. The van der Waals surface area contributed by atoms with Crippen molar-refractivity contribution in [3.8, 4) is 0 Å². The van der Waals surface area contributed by atoms with Crippen LogP contribution in [-0.4, -0.2) is 58.2 Å². The van der Waals surface area contributed by atoms with Gasteiger partial charge in [0.2, 0.25) is 0 Å². The fraction of sp³-hybridized carbons (Fsp3) is 0.550. The molecule has 0 spiro atoms. The second-order valence-electron chi connectivity index (χ2n) is 7.40. The van der Waals surface area contributed by atoms with Gasteiger partial charge in [-0.25, -0.2) is 4.52 Å². The summed E-state index contributed by atoms with van der Waals surface area (Å²) in [5.41, 5.74) is 1.33. The van der Waals surface area contributed by atoms with Crippen LogP contribution >= 0.6 is 0 Å². The summed E-state index contributed by atoms with van der Waals surface area (Å²) in [6.45, 7) is 1.13. The summed E-state index contributed by atoms with van der Waals surface area (Å²) in [5.74, 6) is -0.203. The van der Waals surface area contributed by atoms with Gasteiger partial charge in [-0.3, -0.25) is 9.59 Å². The molecule has 2 aromatic rings. The lowest BCUT2D eigenvalue weighted by Crippen LogP contribution is -2.53. The van der Waals surface area contributed by atoms with E-state index in [9.17, 15) is 9.59 Å². The highest BCUT2D eigenvalue weighted by Gasteiger charge is 2.31. The molecule has 0 bridgehead atoms. The molecule has 144 valence electrons. The number of carbonyl (C=O) groups is 2. The Morgan fingerprint density at radius 1 is 1.15 bits per heavy atom. The van der Waals surface area contributed by atoms with Crippen LogP contribution in [0, 0.1) is 0 Å². The van der Waals surface area contributed by atoms with Crippen molar-refractivity contribution >= 4 is 17.3 Å². The molecule has 2 aliphatic rings. The van der Waals surface area contributed by atoms with E-state index < -0.39 is 6.10 Å². The molecule has 2 amide bonds. The number of rotatable bonds is 3. The lowest BCUT2D eigenvalue weighted by atomic mass is 10.1. The van der Waals surface area contributed by atoms with Crippen LogP contribution in [0.5, 0.6) is 0 Å². The summed E-state index contributed by atoms with van der Waals surface area (Å²) >= 11 is 0. The van der Waals surface area contributed by atoms with Crippen molar-refractivity contribution in [3.63, 3.8) is 0 Å². The first kappa shape index (κ1) is 18.0. The third-order valence-electron chi connectivity index (χ3n) is 5.50. The zero-order valence-electron chi connectivity index (χ0n) is 15.5. The van der Waals surface area contributed by atoms with Crippen molar-refractivity contribution in [2.45, 2.75) is 50.7 Å². The van der Waals surface area contributed by atoms with Crippen LogP contribution in [0.4, 0.5) is 0 Å². The average Bonchev–Trinajstić information content (AvgIpc) is 2.97. The Kier molecular flexibility index (Phi) is 5.38. The molecule has 1 aliphatic carbocycles. The van der Waals surface area contributed by atoms with Crippen molar-refractivity contribution in [3.05, 3.63) is 36.2 Å². The van der Waals surface area contributed by atoms with E-state index in [1.807, 2.05) is 24.4 Å². The second-order valence-corrected chi connectivity index (χ2v) is 7.40. The molecule has 4 rings (SSSR count). The predicted molar refractivity (Wildman–Crippen MR) is 100 cm³/mol. The monoisotopic (exact) mass is 370 g/mol. The Morgan fingerprint density at radius 3 is 2.78 bits per heavy atom. The summed E-state index contributed by atoms with van der Waals surface area (Å²) in [4.78, 5) is 27.3. The number of nitrogens with one attached hydrogen (secondary N) is 1. The maximum atomic E-state index is 13.0. The number of fused-ring (bicyclic) bond motifs is 1. The molecule has 1 saturated heterocycles. The molecule has 1 aliphatic heterocycles. The zero-order chi connectivity index (χ0) is 18.6. The van der Waals surface area contributed by atoms with Crippen molar-refractivity contribution in [1.29, 1.82) is 0 Å². The second kappa shape index (κ2) is 8.08. The van der Waals surface area contributed by atoms with Crippen LogP contribution in [0.2, 0.25) is 0 Å². The van der Waals surface area contributed by atoms with E-state index in [4.69, 9.17) is 4.74 Å². The third kappa shape index (κ3) is 3.98. The van der Waals surface area contributed by atoms with E-state index in [1.54, 1.807) is 15.6 Å². The molecule has 0 unspecified atom stereocenters. The molecule has 1 atom stereocenters. The molecular formula is C20H26N4O3. The number of ether oxygens (including phenoxy) is 1. The van der Waals surface area contributed by atoms with Crippen LogP contribution in [-0.2, 0) is 9.53 Å². The number of morpholine rings is 1. The molecule has 1 saturated carbocycles. The van der Waals surface area contributed by atoms with Gasteiger partial charge in [0.05, 0.1) is 30.4 Å². The first-order valence-electron chi connectivity index (χ1n) is 9.86. The maximum absolute atomic E-state index is 13.0.